The fourth-order valence-corrected chi connectivity index (χ4v) is 2.77. The Bertz CT molecular complexity index is 942. The molecule has 25 heavy (non-hydrogen) atoms. The number of aromatic nitrogens is 2. The highest BCUT2D eigenvalue weighted by molar-refractivity contribution is 5.78. The largest absolute Gasteiger partial charge is 0.484 e. The average molecular weight is 339 g/mol. The fourth-order valence-electron chi connectivity index (χ4n) is 2.77. The van der Waals surface area contributed by atoms with E-state index in [1.54, 1.807) is 23.2 Å². The molecule has 0 aliphatic rings. The number of aryl methyl sites for hydroxylation is 2. The standard InChI is InChI=1S/C19H21N3O3/c1-21-16-9-8-14(12-17(16)22(2)19(21)24)10-11-20-18(23)13-25-15-6-4-3-5-7-15/h3-9,12H,10-11,13H2,1-2H3,(H,20,23). The van der Waals surface area contributed by atoms with E-state index in [-0.39, 0.29) is 18.2 Å². The summed E-state index contributed by atoms with van der Waals surface area (Å²) < 4.78 is 8.66. The van der Waals surface area contributed by atoms with Crippen LogP contribution >= 0.6 is 0 Å². The van der Waals surface area contributed by atoms with Crippen molar-refractivity contribution in [1.29, 1.82) is 0 Å². The van der Waals surface area contributed by atoms with Crippen LogP contribution in [0.2, 0.25) is 0 Å². The van der Waals surface area contributed by atoms with Crippen molar-refractivity contribution >= 4 is 16.9 Å². The second kappa shape index (κ2) is 7.25. The number of amides is 1. The normalized spacial score (nSPS) is 10.8. The lowest BCUT2D eigenvalue weighted by Gasteiger charge is -2.08. The van der Waals surface area contributed by atoms with Gasteiger partial charge in [-0.1, -0.05) is 24.3 Å². The quantitative estimate of drug-likeness (QED) is 0.742. The molecule has 1 heterocycles. The Balaban J connectivity index is 1.53. The molecule has 0 saturated heterocycles. The van der Waals surface area contributed by atoms with E-state index in [0.717, 1.165) is 16.6 Å². The van der Waals surface area contributed by atoms with Crippen molar-refractivity contribution in [3.63, 3.8) is 0 Å². The summed E-state index contributed by atoms with van der Waals surface area (Å²) in [6.45, 7) is 0.513. The van der Waals surface area contributed by atoms with Crippen molar-refractivity contribution in [1.82, 2.24) is 14.5 Å². The molecule has 2 aromatic carbocycles. The third-order valence-corrected chi connectivity index (χ3v) is 4.19. The van der Waals surface area contributed by atoms with Gasteiger partial charge in [0.2, 0.25) is 0 Å². The number of carbonyl (C=O) groups is 1. The zero-order valence-corrected chi connectivity index (χ0v) is 14.4. The highest BCUT2D eigenvalue weighted by Gasteiger charge is 2.08. The van der Waals surface area contributed by atoms with Crippen LogP contribution in [0.4, 0.5) is 0 Å². The molecule has 3 aromatic rings. The minimum Gasteiger partial charge on any atom is -0.484 e. The van der Waals surface area contributed by atoms with Crippen molar-refractivity contribution in [2.24, 2.45) is 14.1 Å². The van der Waals surface area contributed by atoms with E-state index in [9.17, 15) is 9.59 Å². The number of nitrogens with one attached hydrogen (secondary N) is 1. The molecule has 0 fully saturated rings. The van der Waals surface area contributed by atoms with Gasteiger partial charge in [0.1, 0.15) is 5.75 Å². The number of rotatable bonds is 6. The van der Waals surface area contributed by atoms with Crippen LogP contribution in [-0.4, -0.2) is 28.2 Å². The van der Waals surface area contributed by atoms with Gasteiger partial charge >= 0.3 is 5.69 Å². The monoisotopic (exact) mass is 339 g/mol. The number of imidazole rings is 1. The van der Waals surface area contributed by atoms with Gasteiger partial charge in [-0.2, -0.15) is 0 Å². The van der Waals surface area contributed by atoms with Gasteiger partial charge < -0.3 is 10.1 Å². The molecular weight excluding hydrogens is 318 g/mol. The van der Waals surface area contributed by atoms with Gasteiger partial charge in [-0.25, -0.2) is 4.79 Å². The zero-order chi connectivity index (χ0) is 17.8. The Kier molecular flexibility index (Phi) is 4.88. The van der Waals surface area contributed by atoms with Crippen LogP contribution in [0, 0.1) is 0 Å². The number of hydrogen-bond donors (Lipinski definition) is 1. The molecule has 0 saturated carbocycles. The first kappa shape index (κ1) is 16.8. The van der Waals surface area contributed by atoms with Crippen LogP contribution in [-0.2, 0) is 25.3 Å². The summed E-state index contributed by atoms with van der Waals surface area (Å²) in [6.07, 6.45) is 0.691. The molecule has 1 aromatic heterocycles. The van der Waals surface area contributed by atoms with Crippen LogP contribution < -0.4 is 15.7 Å². The zero-order valence-electron chi connectivity index (χ0n) is 14.4. The second-order valence-corrected chi connectivity index (χ2v) is 5.93. The lowest BCUT2D eigenvalue weighted by Crippen LogP contribution is -2.30. The first-order valence-electron chi connectivity index (χ1n) is 8.15. The lowest BCUT2D eigenvalue weighted by molar-refractivity contribution is -0.123. The van der Waals surface area contributed by atoms with Crippen LogP contribution in [0.25, 0.3) is 11.0 Å². The Morgan fingerprint density at radius 2 is 1.76 bits per heavy atom. The molecule has 6 heteroatoms. The van der Waals surface area contributed by atoms with Crippen molar-refractivity contribution in [3.8, 4) is 5.75 Å². The third-order valence-electron chi connectivity index (χ3n) is 4.19. The number of fused-ring (bicyclic) bond motifs is 1. The molecule has 0 aliphatic carbocycles. The van der Waals surface area contributed by atoms with E-state index in [2.05, 4.69) is 5.32 Å². The van der Waals surface area contributed by atoms with E-state index in [4.69, 9.17) is 4.74 Å². The van der Waals surface area contributed by atoms with Gasteiger partial charge in [0, 0.05) is 20.6 Å². The predicted octanol–water partition coefficient (Wildman–Crippen LogP) is 1.61. The third kappa shape index (κ3) is 3.74. The molecule has 0 unspecified atom stereocenters. The molecule has 1 N–H and O–H groups in total. The Hall–Kier alpha value is -3.02. The van der Waals surface area contributed by atoms with E-state index in [1.165, 1.54) is 0 Å². The summed E-state index contributed by atoms with van der Waals surface area (Å²) in [4.78, 5) is 23.8. The number of nitrogens with zero attached hydrogens (tertiary/aromatic N) is 2. The van der Waals surface area contributed by atoms with Gasteiger partial charge in [-0.15, -0.1) is 0 Å². The van der Waals surface area contributed by atoms with Gasteiger partial charge in [-0.05, 0) is 36.2 Å². The van der Waals surface area contributed by atoms with E-state index >= 15 is 0 Å². The molecule has 0 bridgehead atoms. The maximum Gasteiger partial charge on any atom is 0.328 e. The van der Waals surface area contributed by atoms with E-state index in [0.29, 0.717) is 18.7 Å². The Morgan fingerprint density at radius 1 is 1.04 bits per heavy atom. The molecule has 3 rings (SSSR count). The lowest BCUT2D eigenvalue weighted by atomic mass is 10.1. The predicted molar refractivity (Wildman–Crippen MR) is 96.8 cm³/mol. The van der Waals surface area contributed by atoms with Crippen molar-refractivity contribution < 1.29 is 9.53 Å². The van der Waals surface area contributed by atoms with Crippen molar-refractivity contribution in [2.45, 2.75) is 6.42 Å². The number of benzene rings is 2. The molecule has 6 nitrogen and oxygen atoms in total. The molecule has 130 valence electrons. The highest BCUT2D eigenvalue weighted by atomic mass is 16.5. The Morgan fingerprint density at radius 3 is 2.52 bits per heavy atom. The first-order valence-corrected chi connectivity index (χ1v) is 8.15. The number of ether oxygens (including phenoxy) is 1. The van der Waals surface area contributed by atoms with E-state index in [1.807, 2.05) is 48.5 Å². The van der Waals surface area contributed by atoms with Gasteiger partial charge in [-0.3, -0.25) is 13.9 Å². The maximum atomic E-state index is 11.9. The molecule has 0 aliphatic heterocycles. The van der Waals surface area contributed by atoms with Crippen LogP contribution in [0.15, 0.2) is 53.3 Å². The van der Waals surface area contributed by atoms with Crippen molar-refractivity contribution in [3.05, 3.63) is 64.6 Å². The topological polar surface area (TPSA) is 65.3 Å². The minimum atomic E-state index is -0.156. The summed E-state index contributed by atoms with van der Waals surface area (Å²) in [5.41, 5.74) is 2.82. The summed E-state index contributed by atoms with van der Waals surface area (Å²) >= 11 is 0. The van der Waals surface area contributed by atoms with Gasteiger partial charge in [0.25, 0.3) is 5.91 Å². The SMILES string of the molecule is Cn1c(=O)n(C)c2cc(CCNC(=O)COc3ccccc3)ccc21. The highest BCUT2D eigenvalue weighted by Crippen LogP contribution is 2.14. The van der Waals surface area contributed by atoms with Crippen molar-refractivity contribution in [2.75, 3.05) is 13.2 Å². The van der Waals surface area contributed by atoms with Crippen LogP contribution in [0.1, 0.15) is 5.56 Å². The molecule has 0 atom stereocenters. The molecular formula is C19H21N3O3. The number of para-hydroxylation sites is 1. The molecule has 0 radical (unpaired) electrons. The summed E-state index contributed by atoms with van der Waals surface area (Å²) in [5, 5.41) is 2.84. The van der Waals surface area contributed by atoms with Gasteiger partial charge in [0.15, 0.2) is 6.61 Å². The number of hydrogen-bond acceptors (Lipinski definition) is 3. The number of carbonyl (C=O) groups excluding carboxylic acids is 1. The van der Waals surface area contributed by atoms with Crippen LogP contribution in [0.3, 0.4) is 0 Å². The average Bonchev–Trinajstić information content (AvgIpc) is 2.85. The minimum absolute atomic E-state index is 0.00373. The molecule has 1 amide bonds. The fraction of sp³-hybridized carbons (Fsp3) is 0.263. The van der Waals surface area contributed by atoms with E-state index < -0.39 is 0 Å². The summed E-state index contributed by atoms with van der Waals surface area (Å²) in [7, 11) is 3.52. The first-order chi connectivity index (χ1) is 12.1. The smallest absolute Gasteiger partial charge is 0.328 e. The van der Waals surface area contributed by atoms with Crippen LogP contribution in [0.5, 0.6) is 5.75 Å². The second-order valence-electron chi connectivity index (χ2n) is 5.93. The van der Waals surface area contributed by atoms with Gasteiger partial charge in [0.05, 0.1) is 11.0 Å². The maximum absolute atomic E-state index is 11.9. The summed E-state index contributed by atoms with van der Waals surface area (Å²) in [5.74, 6) is 0.519. The summed E-state index contributed by atoms with van der Waals surface area (Å²) in [6, 6.07) is 15.1. The Labute approximate surface area is 145 Å². The molecule has 0 spiro atoms.